The van der Waals surface area contributed by atoms with E-state index in [4.69, 9.17) is 4.84 Å². The molecule has 4 nitrogen and oxygen atoms in total. The summed E-state index contributed by atoms with van der Waals surface area (Å²) in [7, 11) is 1.42. The Kier molecular flexibility index (Phi) is 6.73. The first-order chi connectivity index (χ1) is 16.8. The number of aliphatic carboxylic acids is 1. The van der Waals surface area contributed by atoms with Gasteiger partial charge in [-0.25, -0.2) is 0 Å². The van der Waals surface area contributed by atoms with Crippen molar-refractivity contribution in [3.63, 3.8) is 0 Å². The van der Waals surface area contributed by atoms with Crippen LogP contribution in [-0.4, -0.2) is 23.9 Å². The number of alkyl halides is 3. The van der Waals surface area contributed by atoms with E-state index < -0.39 is 23.1 Å². The fourth-order valence-corrected chi connectivity index (χ4v) is 6.64. The third kappa shape index (κ3) is 4.31. The molecule has 0 bridgehead atoms. The number of fused-ring (bicyclic) bond motifs is 3. The highest BCUT2D eigenvalue weighted by Gasteiger charge is 2.55. The molecular weight excluding hydrogens is 467 g/mol. The van der Waals surface area contributed by atoms with E-state index in [9.17, 15) is 23.1 Å². The van der Waals surface area contributed by atoms with E-state index in [1.54, 1.807) is 0 Å². The predicted octanol–water partition coefficient (Wildman–Crippen LogP) is 7.32. The molecule has 2 aromatic carbocycles. The SMILES string of the molecule is CON=C(c1ccc(C(F)(F)F)cc1)c1cc2c(cc1C(C)C)CC[C@H]1[C@](C)(C(=O)O)CCC[C@]21C. The van der Waals surface area contributed by atoms with Crippen molar-refractivity contribution in [2.24, 2.45) is 16.5 Å². The smallest absolute Gasteiger partial charge is 0.416 e. The van der Waals surface area contributed by atoms with Gasteiger partial charge >= 0.3 is 12.1 Å². The highest BCUT2D eigenvalue weighted by molar-refractivity contribution is 6.13. The molecule has 0 amide bonds. The Morgan fingerprint density at radius 3 is 2.36 bits per heavy atom. The molecule has 2 aliphatic rings. The topological polar surface area (TPSA) is 58.9 Å². The van der Waals surface area contributed by atoms with E-state index >= 15 is 0 Å². The number of carboxylic acids is 1. The zero-order valence-corrected chi connectivity index (χ0v) is 21.5. The summed E-state index contributed by atoms with van der Waals surface area (Å²) in [6, 6.07) is 9.28. The molecule has 36 heavy (non-hydrogen) atoms. The number of aryl methyl sites for hydroxylation is 1. The Hall–Kier alpha value is -2.83. The summed E-state index contributed by atoms with van der Waals surface area (Å²) in [6.07, 6.45) is -0.416. The Labute approximate surface area is 210 Å². The fraction of sp³-hybridized carbons (Fsp3) is 0.517. The number of halogens is 3. The summed E-state index contributed by atoms with van der Waals surface area (Å²) in [6.45, 7) is 8.22. The molecule has 1 fully saturated rings. The lowest BCUT2D eigenvalue weighted by Gasteiger charge is -2.53. The number of nitrogens with zero attached hydrogens (tertiary/aromatic N) is 1. The minimum atomic E-state index is -4.42. The van der Waals surface area contributed by atoms with Gasteiger partial charge in [0, 0.05) is 11.1 Å². The van der Waals surface area contributed by atoms with E-state index in [2.05, 4.69) is 38.1 Å². The van der Waals surface area contributed by atoms with Crippen molar-refractivity contribution >= 4 is 11.7 Å². The minimum absolute atomic E-state index is 0.00427. The zero-order chi connectivity index (χ0) is 26.5. The van der Waals surface area contributed by atoms with Gasteiger partial charge in [-0.2, -0.15) is 13.2 Å². The highest BCUT2D eigenvalue weighted by atomic mass is 19.4. The van der Waals surface area contributed by atoms with Gasteiger partial charge in [-0.15, -0.1) is 0 Å². The van der Waals surface area contributed by atoms with Crippen molar-refractivity contribution in [2.75, 3.05) is 7.11 Å². The summed E-state index contributed by atoms with van der Waals surface area (Å²) in [4.78, 5) is 17.5. The van der Waals surface area contributed by atoms with E-state index in [1.807, 2.05) is 6.92 Å². The summed E-state index contributed by atoms with van der Waals surface area (Å²) >= 11 is 0. The first-order valence-corrected chi connectivity index (χ1v) is 12.5. The lowest BCUT2D eigenvalue weighted by atomic mass is 9.49. The monoisotopic (exact) mass is 501 g/mol. The van der Waals surface area contributed by atoms with Gasteiger partial charge in [0.15, 0.2) is 0 Å². The van der Waals surface area contributed by atoms with Crippen molar-refractivity contribution in [1.82, 2.24) is 0 Å². The van der Waals surface area contributed by atoms with Gasteiger partial charge in [-0.05, 0) is 84.7 Å². The van der Waals surface area contributed by atoms with Crippen LogP contribution in [0.1, 0.15) is 92.7 Å². The molecule has 0 spiro atoms. The fourth-order valence-electron chi connectivity index (χ4n) is 6.64. The van der Waals surface area contributed by atoms with Crippen LogP contribution in [0.4, 0.5) is 13.2 Å². The average molecular weight is 502 g/mol. The maximum atomic E-state index is 13.2. The van der Waals surface area contributed by atoms with Gasteiger partial charge < -0.3 is 9.94 Å². The van der Waals surface area contributed by atoms with Crippen molar-refractivity contribution in [1.29, 1.82) is 0 Å². The number of hydrogen-bond acceptors (Lipinski definition) is 3. The summed E-state index contributed by atoms with van der Waals surface area (Å²) < 4.78 is 39.5. The van der Waals surface area contributed by atoms with Crippen molar-refractivity contribution in [2.45, 2.75) is 77.3 Å². The number of hydrogen-bond donors (Lipinski definition) is 1. The van der Waals surface area contributed by atoms with Crippen LogP contribution in [0.2, 0.25) is 0 Å². The second-order valence-electron chi connectivity index (χ2n) is 11.0. The predicted molar refractivity (Wildman–Crippen MR) is 133 cm³/mol. The molecule has 0 saturated heterocycles. The molecule has 0 heterocycles. The molecule has 4 rings (SSSR count). The molecular formula is C29H34F3NO3. The van der Waals surface area contributed by atoms with Crippen LogP contribution in [0.25, 0.3) is 0 Å². The maximum Gasteiger partial charge on any atom is 0.416 e. The summed E-state index contributed by atoms with van der Waals surface area (Å²) in [5, 5.41) is 14.4. The maximum absolute atomic E-state index is 13.2. The third-order valence-electron chi connectivity index (χ3n) is 8.56. The first-order valence-electron chi connectivity index (χ1n) is 12.5. The summed E-state index contributed by atoms with van der Waals surface area (Å²) in [5.41, 5.74) is 3.38. The van der Waals surface area contributed by atoms with Crippen LogP contribution < -0.4 is 0 Å². The van der Waals surface area contributed by atoms with Crippen molar-refractivity contribution in [3.8, 4) is 0 Å². The normalized spacial score (nSPS) is 26.4. The molecule has 7 heteroatoms. The average Bonchev–Trinajstić information content (AvgIpc) is 2.81. The van der Waals surface area contributed by atoms with Crippen molar-refractivity contribution < 1.29 is 27.9 Å². The summed E-state index contributed by atoms with van der Waals surface area (Å²) in [5.74, 6) is -0.606. The molecule has 0 radical (unpaired) electrons. The van der Waals surface area contributed by atoms with Gasteiger partial charge in [-0.1, -0.05) is 50.5 Å². The molecule has 194 valence electrons. The van der Waals surface area contributed by atoms with Gasteiger partial charge in [0.2, 0.25) is 0 Å². The number of carboxylic acid groups (broad SMARTS) is 1. The van der Waals surface area contributed by atoms with Crippen LogP contribution in [0, 0.1) is 11.3 Å². The van der Waals surface area contributed by atoms with Gasteiger partial charge in [-0.3, -0.25) is 4.79 Å². The van der Waals surface area contributed by atoms with Crippen LogP contribution in [0.5, 0.6) is 0 Å². The van der Waals surface area contributed by atoms with Gasteiger partial charge in [0.05, 0.1) is 11.0 Å². The first kappa shape index (κ1) is 26.2. The van der Waals surface area contributed by atoms with E-state index in [-0.39, 0.29) is 17.3 Å². The van der Waals surface area contributed by atoms with E-state index in [1.165, 1.54) is 24.8 Å². The molecule has 1 N–H and O–H groups in total. The molecule has 3 atom stereocenters. The number of benzene rings is 2. The molecule has 0 unspecified atom stereocenters. The lowest BCUT2D eigenvalue weighted by Crippen LogP contribution is -2.52. The Bertz CT molecular complexity index is 1190. The molecule has 2 aliphatic carbocycles. The van der Waals surface area contributed by atoms with Crippen LogP contribution in [0.3, 0.4) is 0 Å². The number of carbonyl (C=O) groups is 1. The Morgan fingerprint density at radius 2 is 1.81 bits per heavy atom. The Morgan fingerprint density at radius 1 is 1.14 bits per heavy atom. The largest absolute Gasteiger partial charge is 0.481 e. The molecule has 0 aliphatic heterocycles. The van der Waals surface area contributed by atoms with E-state index in [0.29, 0.717) is 17.7 Å². The second-order valence-corrected chi connectivity index (χ2v) is 11.0. The van der Waals surface area contributed by atoms with Crippen molar-refractivity contribution in [3.05, 3.63) is 69.8 Å². The highest BCUT2D eigenvalue weighted by Crippen LogP contribution is 2.57. The number of oxime groups is 1. The Balaban J connectivity index is 1.89. The molecule has 2 aromatic rings. The van der Waals surface area contributed by atoms with Crippen LogP contribution in [0.15, 0.2) is 41.6 Å². The lowest BCUT2D eigenvalue weighted by molar-refractivity contribution is -0.157. The third-order valence-corrected chi connectivity index (χ3v) is 8.56. The quantitative estimate of drug-likeness (QED) is 0.345. The molecule has 0 aromatic heterocycles. The zero-order valence-electron chi connectivity index (χ0n) is 21.5. The second kappa shape index (κ2) is 9.24. The van der Waals surface area contributed by atoms with Crippen LogP contribution >= 0.6 is 0 Å². The van der Waals surface area contributed by atoms with Gasteiger partial charge in [0.25, 0.3) is 0 Å². The minimum Gasteiger partial charge on any atom is -0.481 e. The van der Waals surface area contributed by atoms with E-state index in [0.717, 1.165) is 54.5 Å². The van der Waals surface area contributed by atoms with Gasteiger partial charge in [0.1, 0.15) is 12.8 Å². The van der Waals surface area contributed by atoms with Crippen LogP contribution in [-0.2, 0) is 27.6 Å². The molecule has 1 saturated carbocycles. The standard InChI is InChI=1S/C29H34F3NO3/c1-17(2)21-15-19-9-12-24-27(3,13-6-14-28(24,4)26(34)35)23(19)16-22(21)25(33-36-5)18-7-10-20(11-8-18)29(30,31)32/h7-8,10-11,15-17,24H,6,9,12-14H2,1-5H3,(H,34,35)/t24-,27-,28-/m1/s1. The number of rotatable bonds is 5.